The molecule has 0 aliphatic rings. The summed E-state index contributed by atoms with van der Waals surface area (Å²) in [6, 6.07) is 0. The van der Waals surface area contributed by atoms with Crippen molar-refractivity contribution in [2.45, 2.75) is 5.60 Å². The second-order valence-corrected chi connectivity index (χ2v) is 1.64. The largest absolute Gasteiger partial charge is 0.426 e. The van der Waals surface area contributed by atoms with Gasteiger partial charge in [0.1, 0.15) is 0 Å². The average Bonchev–Trinajstić information content (AvgIpc) is 1.35. The maximum absolute atomic E-state index is 7.70. The zero-order chi connectivity index (χ0) is 5.21. The van der Waals surface area contributed by atoms with Gasteiger partial charge >= 0.3 is 9.76 Å². The van der Waals surface area contributed by atoms with Crippen molar-refractivity contribution in [3.8, 4) is 0 Å². The second kappa shape index (κ2) is 1.67. The first-order valence-corrected chi connectivity index (χ1v) is 2.09. The third kappa shape index (κ3) is 4.06. The summed E-state index contributed by atoms with van der Waals surface area (Å²) in [7, 11) is -1.27. The van der Waals surface area contributed by atoms with Crippen molar-refractivity contribution in [2.75, 3.05) is 0 Å². The summed E-state index contributed by atoms with van der Waals surface area (Å²) in [4.78, 5) is 7.68. The van der Waals surface area contributed by atoms with Crippen LogP contribution in [0.15, 0.2) is 0 Å². The average molecular weight is 108 g/mol. The first-order chi connectivity index (χ1) is 2.56. The molecular weight excluding hydrogens is 104 g/mol. The standard InChI is InChI=1S/CH4O4Si/c2-1(3,4)6-5/h2-5H. The van der Waals surface area contributed by atoms with Crippen molar-refractivity contribution >= 4 is 9.76 Å². The van der Waals surface area contributed by atoms with Gasteiger partial charge in [0.15, 0.2) is 0 Å². The van der Waals surface area contributed by atoms with E-state index in [4.69, 9.17) is 20.1 Å². The molecule has 0 aliphatic carbocycles. The third-order valence-electron chi connectivity index (χ3n) is 0.150. The molecule has 0 aromatic rings. The number of rotatable bonds is 1. The van der Waals surface area contributed by atoms with Gasteiger partial charge in [-0.05, 0) is 0 Å². The lowest BCUT2D eigenvalue weighted by Gasteiger charge is -2.05. The molecule has 36 valence electrons. The molecule has 0 heterocycles. The summed E-state index contributed by atoms with van der Waals surface area (Å²) < 4.78 is 0. The minimum atomic E-state index is -2.88. The van der Waals surface area contributed by atoms with Gasteiger partial charge < -0.3 is 20.1 Å². The Morgan fingerprint density at radius 1 is 1.17 bits per heavy atom. The number of hydrogen-bond donors (Lipinski definition) is 4. The Bertz CT molecular complexity index is 37.3. The molecule has 0 saturated heterocycles. The molecule has 0 rings (SSSR count). The van der Waals surface area contributed by atoms with Gasteiger partial charge in [-0.15, -0.1) is 0 Å². The minimum absolute atomic E-state index is 1.27. The van der Waals surface area contributed by atoms with Crippen LogP contribution in [-0.4, -0.2) is 35.5 Å². The van der Waals surface area contributed by atoms with Crippen LogP contribution < -0.4 is 0 Å². The Morgan fingerprint density at radius 2 is 1.33 bits per heavy atom. The zero-order valence-corrected chi connectivity index (χ0v) is 3.79. The Morgan fingerprint density at radius 3 is 1.33 bits per heavy atom. The van der Waals surface area contributed by atoms with Gasteiger partial charge in [-0.1, -0.05) is 0 Å². The number of hydrogen-bond acceptors (Lipinski definition) is 4. The highest BCUT2D eigenvalue weighted by Crippen LogP contribution is 1.81. The Balaban J connectivity index is 3.17. The fourth-order valence-corrected chi connectivity index (χ4v) is 0. The van der Waals surface area contributed by atoms with Crippen LogP contribution in [0.25, 0.3) is 0 Å². The predicted molar refractivity (Wildman–Crippen MR) is 17.4 cm³/mol. The van der Waals surface area contributed by atoms with Gasteiger partial charge in [0.2, 0.25) is 0 Å². The quantitative estimate of drug-likeness (QED) is 0.216. The normalized spacial score (nSPS) is 12.0. The molecule has 5 heteroatoms. The van der Waals surface area contributed by atoms with E-state index in [-0.39, 0.29) is 0 Å². The molecule has 4 nitrogen and oxygen atoms in total. The predicted octanol–water partition coefficient (Wildman–Crippen LogP) is -2.81. The molecule has 0 aromatic heterocycles. The summed E-state index contributed by atoms with van der Waals surface area (Å²) in [6.45, 7) is 0. The highest BCUT2D eigenvalue weighted by atomic mass is 28.2. The molecule has 0 atom stereocenters. The van der Waals surface area contributed by atoms with E-state index in [0.717, 1.165) is 0 Å². The topological polar surface area (TPSA) is 80.9 Å². The van der Waals surface area contributed by atoms with Crippen molar-refractivity contribution < 1.29 is 20.1 Å². The van der Waals surface area contributed by atoms with E-state index in [2.05, 4.69) is 0 Å². The van der Waals surface area contributed by atoms with E-state index in [1.165, 1.54) is 0 Å². The number of aliphatic hydroxyl groups is 3. The molecule has 0 aliphatic heterocycles. The zero-order valence-electron chi connectivity index (χ0n) is 2.79. The Kier molecular flexibility index (Phi) is 1.69. The van der Waals surface area contributed by atoms with Crippen LogP contribution in [0.5, 0.6) is 0 Å². The smallest absolute Gasteiger partial charge is 0.343 e. The SMILES string of the molecule is O[Si]C(O)(O)O. The molecule has 0 bridgehead atoms. The highest BCUT2D eigenvalue weighted by Gasteiger charge is 2.17. The first-order valence-electron chi connectivity index (χ1n) is 1.14. The highest BCUT2D eigenvalue weighted by molar-refractivity contribution is 6.27. The molecule has 0 aromatic carbocycles. The van der Waals surface area contributed by atoms with Gasteiger partial charge in [-0.25, -0.2) is 0 Å². The van der Waals surface area contributed by atoms with Crippen molar-refractivity contribution in [3.05, 3.63) is 0 Å². The van der Waals surface area contributed by atoms with Crippen LogP contribution in [0, 0.1) is 0 Å². The van der Waals surface area contributed by atoms with E-state index in [1.807, 2.05) is 0 Å². The van der Waals surface area contributed by atoms with Crippen LogP contribution >= 0.6 is 0 Å². The third-order valence-corrected chi connectivity index (χ3v) is 0.450. The molecule has 2 radical (unpaired) electrons. The van der Waals surface area contributed by atoms with Gasteiger partial charge in [0.25, 0.3) is 5.60 Å². The maximum atomic E-state index is 7.70. The minimum Gasteiger partial charge on any atom is -0.426 e. The lowest BCUT2D eigenvalue weighted by atomic mass is 11.3. The molecule has 0 saturated carbocycles. The molecule has 0 unspecified atom stereocenters. The van der Waals surface area contributed by atoms with Crippen LogP contribution in [0.4, 0.5) is 0 Å². The van der Waals surface area contributed by atoms with Crippen molar-refractivity contribution in [1.29, 1.82) is 0 Å². The van der Waals surface area contributed by atoms with E-state index < -0.39 is 15.4 Å². The van der Waals surface area contributed by atoms with E-state index >= 15 is 0 Å². The summed E-state index contributed by atoms with van der Waals surface area (Å²) >= 11 is 0. The Labute approximate surface area is 36.6 Å². The monoisotopic (exact) mass is 108 g/mol. The summed E-state index contributed by atoms with van der Waals surface area (Å²) in [5.74, 6) is 0. The van der Waals surface area contributed by atoms with E-state index in [0.29, 0.717) is 0 Å². The van der Waals surface area contributed by atoms with E-state index in [1.54, 1.807) is 0 Å². The van der Waals surface area contributed by atoms with E-state index in [9.17, 15) is 0 Å². The lowest BCUT2D eigenvalue weighted by molar-refractivity contribution is -0.251. The molecule has 0 spiro atoms. The van der Waals surface area contributed by atoms with Gasteiger partial charge in [0.05, 0.1) is 0 Å². The molecule has 6 heavy (non-hydrogen) atoms. The van der Waals surface area contributed by atoms with Gasteiger partial charge in [-0.2, -0.15) is 0 Å². The van der Waals surface area contributed by atoms with Gasteiger partial charge in [-0.3, -0.25) is 0 Å². The first kappa shape index (κ1) is 6.06. The van der Waals surface area contributed by atoms with Crippen molar-refractivity contribution in [3.63, 3.8) is 0 Å². The maximum Gasteiger partial charge on any atom is 0.343 e. The second-order valence-electron chi connectivity index (χ2n) is 0.747. The summed E-state index contributed by atoms with van der Waals surface area (Å²) in [5.41, 5.74) is -2.88. The van der Waals surface area contributed by atoms with Crippen LogP contribution in [0.3, 0.4) is 0 Å². The van der Waals surface area contributed by atoms with Crippen LogP contribution in [0.1, 0.15) is 0 Å². The Hall–Kier alpha value is 0.0569. The fourth-order valence-electron chi connectivity index (χ4n) is 0. The molecule has 4 N–H and O–H groups in total. The van der Waals surface area contributed by atoms with Crippen LogP contribution in [0.2, 0.25) is 0 Å². The lowest BCUT2D eigenvalue weighted by Crippen LogP contribution is -2.34. The van der Waals surface area contributed by atoms with Crippen LogP contribution in [-0.2, 0) is 0 Å². The molecule has 0 amide bonds. The molecule has 0 fully saturated rings. The van der Waals surface area contributed by atoms with Crippen molar-refractivity contribution in [1.82, 2.24) is 0 Å². The summed E-state index contributed by atoms with van der Waals surface area (Å²) in [5, 5.41) is 23.1. The van der Waals surface area contributed by atoms with Gasteiger partial charge in [0, 0.05) is 0 Å². The van der Waals surface area contributed by atoms with Crippen molar-refractivity contribution in [2.24, 2.45) is 0 Å². The fraction of sp³-hybridized carbons (Fsp3) is 1.00. The molecular formula is CH4O4Si. The summed E-state index contributed by atoms with van der Waals surface area (Å²) in [6.07, 6.45) is 0.